The maximum atomic E-state index is 13.1. The van der Waals surface area contributed by atoms with Crippen LogP contribution in [0.1, 0.15) is 59.4 Å². The van der Waals surface area contributed by atoms with Crippen LogP contribution in [0, 0.1) is 18.8 Å². The molecule has 5 heteroatoms. The van der Waals surface area contributed by atoms with Crippen LogP contribution < -0.4 is 0 Å². The minimum absolute atomic E-state index is 0.236. The Balaban J connectivity index is 1.49. The quantitative estimate of drug-likeness (QED) is 0.838. The molecule has 1 aromatic heterocycles. The third kappa shape index (κ3) is 3.13. The van der Waals surface area contributed by atoms with E-state index in [1.807, 2.05) is 6.92 Å². The summed E-state index contributed by atoms with van der Waals surface area (Å²) in [7, 11) is 0. The average molecular weight is 348 g/mol. The largest absolute Gasteiger partial charge is 0.336 e. The number of fused-ring (bicyclic) bond motifs is 4. The van der Waals surface area contributed by atoms with E-state index in [2.05, 4.69) is 21.7 Å². The number of nitrogens with zero attached hydrogens (tertiary/aromatic N) is 3. The second-order valence-electron chi connectivity index (χ2n) is 7.92. The molecular weight excluding hydrogens is 318 g/mol. The summed E-state index contributed by atoms with van der Waals surface area (Å²) >= 11 is 1.58. The van der Waals surface area contributed by atoms with Crippen LogP contribution in [-0.2, 0) is 6.42 Å². The molecule has 2 bridgehead atoms. The van der Waals surface area contributed by atoms with Crippen LogP contribution in [0.15, 0.2) is 0 Å². The van der Waals surface area contributed by atoms with Crippen LogP contribution in [0.2, 0.25) is 0 Å². The molecule has 3 aliphatic heterocycles. The first-order chi connectivity index (χ1) is 11.6. The van der Waals surface area contributed by atoms with Gasteiger partial charge in [0.1, 0.15) is 4.88 Å². The molecule has 0 radical (unpaired) electrons. The first-order valence-corrected chi connectivity index (χ1v) is 10.4. The lowest BCUT2D eigenvalue weighted by atomic mass is 9.83. The lowest BCUT2D eigenvalue weighted by molar-refractivity contribution is 0.0720. The van der Waals surface area contributed by atoms with Crippen molar-refractivity contribution in [1.29, 1.82) is 0 Å². The van der Waals surface area contributed by atoms with E-state index in [4.69, 9.17) is 0 Å². The molecule has 24 heavy (non-hydrogen) atoms. The Morgan fingerprint density at radius 2 is 2.04 bits per heavy atom. The van der Waals surface area contributed by atoms with E-state index in [9.17, 15) is 4.79 Å². The highest BCUT2D eigenvalue weighted by molar-refractivity contribution is 7.13. The molecule has 4 aliphatic rings. The summed E-state index contributed by atoms with van der Waals surface area (Å²) in [6.45, 7) is 8.43. The summed E-state index contributed by atoms with van der Waals surface area (Å²) in [6.07, 6.45) is 7.65. The minimum atomic E-state index is 0.236. The zero-order valence-corrected chi connectivity index (χ0v) is 15.8. The van der Waals surface area contributed by atoms with Crippen LogP contribution in [0.25, 0.3) is 0 Å². The molecule has 0 spiro atoms. The Bertz CT molecular complexity index is 610. The highest BCUT2D eigenvalue weighted by atomic mass is 32.1. The van der Waals surface area contributed by atoms with Gasteiger partial charge in [-0.05, 0) is 50.9 Å². The van der Waals surface area contributed by atoms with Crippen molar-refractivity contribution in [3.05, 3.63) is 15.6 Å². The van der Waals surface area contributed by atoms with E-state index in [0.717, 1.165) is 41.0 Å². The smallest absolute Gasteiger partial charge is 0.265 e. The zero-order valence-electron chi connectivity index (χ0n) is 15.0. The van der Waals surface area contributed by atoms with Crippen LogP contribution in [0.5, 0.6) is 0 Å². The summed E-state index contributed by atoms with van der Waals surface area (Å²) in [6, 6.07) is 0.576. The lowest BCUT2D eigenvalue weighted by Crippen LogP contribution is -2.47. The highest BCUT2D eigenvalue weighted by Gasteiger charge is 2.38. The molecule has 3 saturated heterocycles. The molecule has 1 aromatic rings. The van der Waals surface area contributed by atoms with Gasteiger partial charge in [0.2, 0.25) is 0 Å². The third-order valence-electron chi connectivity index (χ3n) is 6.17. The fourth-order valence-electron chi connectivity index (χ4n) is 4.60. The topological polar surface area (TPSA) is 36.4 Å². The number of hydrogen-bond donors (Lipinski definition) is 0. The Labute approximate surface area is 149 Å². The Morgan fingerprint density at radius 3 is 2.75 bits per heavy atom. The minimum Gasteiger partial charge on any atom is -0.336 e. The summed E-state index contributed by atoms with van der Waals surface area (Å²) in [4.78, 5) is 23.4. The second-order valence-corrected chi connectivity index (χ2v) is 9.12. The van der Waals surface area contributed by atoms with Crippen molar-refractivity contribution in [3.8, 4) is 0 Å². The number of aryl methyl sites for hydroxylation is 2. The van der Waals surface area contributed by atoms with Crippen molar-refractivity contribution in [2.24, 2.45) is 11.8 Å². The molecule has 1 saturated carbocycles. The van der Waals surface area contributed by atoms with Gasteiger partial charge in [0.05, 0.1) is 10.7 Å². The molecule has 0 N–H and O–H groups in total. The van der Waals surface area contributed by atoms with Crippen LogP contribution in [0.3, 0.4) is 0 Å². The normalized spacial score (nSPS) is 28.0. The number of rotatable bonds is 4. The average Bonchev–Trinajstić information content (AvgIpc) is 2.71. The van der Waals surface area contributed by atoms with Crippen molar-refractivity contribution in [2.75, 3.05) is 26.2 Å². The molecular formula is C19H29N3OS. The van der Waals surface area contributed by atoms with Gasteiger partial charge < -0.3 is 4.90 Å². The first kappa shape index (κ1) is 16.5. The van der Waals surface area contributed by atoms with Crippen molar-refractivity contribution in [2.45, 2.75) is 58.4 Å². The Hall–Kier alpha value is -0.940. The van der Waals surface area contributed by atoms with Crippen LogP contribution in [0.4, 0.5) is 0 Å². The van der Waals surface area contributed by atoms with E-state index in [1.54, 1.807) is 11.3 Å². The molecule has 5 rings (SSSR count). The molecule has 4 nitrogen and oxygen atoms in total. The van der Waals surface area contributed by atoms with E-state index in [-0.39, 0.29) is 5.91 Å². The van der Waals surface area contributed by atoms with Crippen LogP contribution in [-0.4, -0.2) is 52.9 Å². The van der Waals surface area contributed by atoms with Gasteiger partial charge in [0, 0.05) is 32.2 Å². The monoisotopic (exact) mass is 347 g/mol. The number of carbonyl (C=O) groups is 1. The fraction of sp³-hybridized carbons (Fsp3) is 0.789. The van der Waals surface area contributed by atoms with Gasteiger partial charge in [-0.3, -0.25) is 9.69 Å². The van der Waals surface area contributed by atoms with Gasteiger partial charge in [-0.25, -0.2) is 4.98 Å². The number of piperidine rings is 1. The van der Waals surface area contributed by atoms with Crippen molar-refractivity contribution >= 4 is 17.2 Å². The van der Waals surface area contributed by atoms with E-state index < -0.39 is 0 Å². The number of amides is 1. The molecule has 4 heterocycles. The maximum absolute atomic E-state index is 13.1. The number of thiazole rings is 1. The first-order valence-electron chi connectivity index (χ1n) is 9.63. The van der Waals surface area contributed by atoms with E-state index in [0.29, 0.717) is 12.0 Å². The summed E-state index contributed by atoms with van der Waals surface area (Å²) in [5.41, 5.74) is 0.991. The van der Waals surface area contributed by atoms with Crippen LogP contribution >= 0.6 is 11.3 Å². The third-order valence-corrected chi connectivity index (χ3v) is 7.17. The molecule has 132 valence electrons. The van der Waals surface area contributed by atoms with Gasteiger partial charge in [0.25, 0.3) is 5.91 Å². The summed E-state index contributed by atoms with van der Waals surface area (Å²) in [5, 5.41) is 1.01. The summed E-state index contributed by atoms with van der Waals surface area (Å²) < 4.78 is 0. The van der Waals surface area contributed by atoms with Crippen molar-refractivity contribution in [1.82, 2.24) is 14.8 Å². The lowest BCUT2D eigenvalue weighted by Gasteiger charge is -2.40. The van der Waals surface area contributed by atoms with Gasteiger partial charge >= 0.3 is 0 Å². The standard InChI is InChI=1S/C19H29N3OS/c1-3-17-18(24-13(2)20-17)19(23)22-11-15-7-8-16(12-22)21(10-15)9-14-5-4-6-14/h14-16H,3-12H2,1-2H3/t15-,16-/m1/s1. The predicted molar refractivity (Wildman–Crippen MR) is 97.6 cm³/mol. The number of aromatic nitrogens is 1. The maximum Gasteiger partial charge on any atom is 0.265 e. The molecule has 1 aliphatic carbocycles. The Kier molecular flexibility index (Phi) is 4.65. The molecule has 0 aromatic carbocycles. The summed E-state index contributed by atoms with van der Waals surface area (Å²) in [5.74, 6) is 1.82. The molecule has 4 fully saturated rings. The number of hydrogen-bond acceptors (Lipinski definition) is 4. The highest BCUT2D eigenvalue weighted by Crippen LogP contribution is 2.34. The van der Waals surface area contributed by atoms with E-state index in [1.165, 1.54) is 45.2 Å². The molecule has 2 atom stereocenters. The second kappa shape index (κ2) is 6.75. The van der Waals surface area contributed by atoms with Crippen molar-refractivity contribution in [3.63, 3.8) is 0 Å². The number of carbonyl (C=O) groups excluding carboxylic acids is 1. The SMILES string of the molecule is CCc1nc(C)sc1C(=O)N1C[C@@H]2CC[C@H](C1)N(CC1CCC1)C2. The fourth-order valence-corrected chi connectivity index (χ4v) is 5.57. The van der Waals surface area contributed by atoms with Gasteiger partial charge in [-0.1, -0.05) is 13.3 Å². The van der Waals surface area contributed by atoms with Gasteiger partial charge in [0.15, 0.2) is 0 Å². The van der Waals surface area contributed by atoms with E-state index >= 15 is 0 Å². The van der Waals surface area contributed by atoms with Gasteiger partial charge in [-0.15, -0.1) is 11.3 Å². The van der Waals surface area contributed by atoms with Gasteiger partial charge in [-0.2, -0.15) is 0 Å². The molecule has 1 amide bonds. The predicted octanol–water partition coefficient (Wildman–Crippen LogP) is 3.35. The van der Waals surface area contributed by atoms with Crippen molar-refractivity contribution < 1.29 is 4.79 Å². The zero-order chi connectivity index (χ0) is 16.7. The Morgan fingerprint density at radius 1 is 1.21 bits per heavy atom. The molecule has 0 unspecified atom stereocenters.